The standard InChI is InChI=1S/C18H18N2O2/c1-19-8-10-20(11-9-19)17-12-15(21)18-14-5-3-2-4-13(14)6-7-16(18)22-17/h2-7,12H,8-11H2,1H3. The summed E-state index contributed by atoms with van der Waals surface area (Å²) in [5.74, 6) is 0.681. The van der Waals surface area contributed by atoms with E-state index in [1.807, 2.05) is 36.4 Å². The van der Waals surface area contributed by atoms with Crippen molar-refractivity contribution in [1.82, 2.24) is 4.90 Å². The Kier molecular flexibility index (Phi) is 3.12. The van der Waals surface area contributed by atoms with Crippen molar-refractivity contribution in [3.05, 3.63) is 52.7 Å². The Hall–Kier alpha value is -2.33. The van der Waals surface area contributed by atoms with Crippen LogP contribution in [0.2, 0.25) is 0 Å². The SMILES string of the molecule is CN1CCN(c2cc(=O)c3c(ccc4ccccc43)o2)CC1. The second-order valence-corrected chi connectivity index (χ2v) is 5.90. The first-order valence-corrected chi connectivity index (χ1v) is 7.61. The molecule has 0 unspecified atom stereocenters. The van der Waals surface area contributed by atoms with Crippen molar-refractivity contribution in [2.75, 3.05) is 38.1 Å². The van der Waals surface area contributed by atoms with Crippen molar-refractivity contribution in [2.24, 2.45) is 0 Å². The molecule has 2 heterocycles. The largest absolute Gasteiger partial charge is 0.440 e. The molecule has 0 spiro atoms. The van der Waals surface area contributed by atoms with Crippen LogP contribution < -0.4 is 10.3 Å². The third-order valence-electron chi connectivity index (χ3n) is 4.42. The molecule has 0 bridgehead atoms. The Morgan fingerprint density at radius 3 is 2.59 bits per heavy atom. The maximum atomic E-state index is 12.6. The van der Waals surface area contributed by atoms with E-state index in [1.54, 1.807) is 6.07 Å². The van der Waals surface area contributed by atoms with E-state index in [9.17, 15) is 4.79 Å². The summed E-state index contributed by atoms with van der Waals surface area (Å²) < 4.78 is 6.03. The molecule has 1 aromatic heterocycles. The van der Waals surface area contributed by atoms with Crippen molar-refractivity contribution in [3.8, 4) is 0 Å². The molecule has 1 aliphatic rings. The molecule has 1 saturated heterocycles. The lowest BCUT2D eigenvalue weighted by Gasteiger charge is -2.32. The number of likely N-dealkylation sites (N-methyl/N-ethyl adjacent to an activating group) is 1. The Labute approximate surface area is 128 Å². The van der Waals surface area contributed by atoms with Crippen molar-refractivity contribution < 1.29 is 4.42 Å². The van der Waals surface area contributed by atoms with Gasteiger partial charge in [0.25, 0.3) is 0 Å². The fourth-order valence-electron chi connectivity index (χ4n) is 3.10. The minimum Gasteiger partial charge on any atom is -0.440 e. The third kappa shape index (κ3) is 2.16. The summed E-state index contributed by atoms with van der Waals surface area (Å²) in [6.07, 6.45) is 0. The normalized spacial score (nSPS) is 16.5. The molecule has 3 aromatic rings. The van der Waals surface area contributed by atoms with Crippen LogP contribution in [-0.2, 0) is 0 Å². The smallest absolute Gasteiger partial charge is 0.200 e. The summed E-state index contributed by atoms with van der Waals surface area (Å²) in [6, 6.07) is 13.5. The van der Waals surface area contributed by atoms with Crippen LogP contribution in [-0.4, -0.2) is 38.1 Å². The maximum Gasteiger partial charge on any atom is 0.200 e. The van der Waals surface area contributed by atoms with Gasteiger partial charge in [-0.3, -0.25) is 4.79 Å². The predicted molar refractivity (Wildman–Crippen MR) is 89.7 cm³/mol. The first kappa shape index (κ1) is 13.3. The van der Waals surface area contributed by atoms with Gasteiger partial charge in [-0.05, 0) is 23.9 Å². The van der Waals surface area contributed by atoms with Crippen molar-refractivity contribution in [3.63, 3.8) is 0 Å². The van der Waals surface area contributed by atoms with E-state index < -0.39 is 0 Å². The van der Waals surface area contributed by atoms with Crippen molar-refractivity contribution >= 4 is 27.6 Å². The van der Waals surface area contributed by atoms with Crippen LogP contribution in [0.15, 0.2) is 51.7 Å². The molecular formula is C18H18N2O2. The van der Waals surface area contributed by atoms with E-state index in [-0.39, 0.29) is 5.43 Å². The van der Waals surface area contributed by atoms with Crippen LogP contribution in [0.1, 0.15) is 0 Å². The number of piperazine rings is 1. The molecule has 0 atom stereocenters. The maximum absolute atomic E-state index is 12.6. The molecule has 1 aliphatic heterocycles. The van der Waals surface area contributed by atoms with Gasteiger partial charge in [0, 0.05) is 32.2 Å². The van der Waals surface area contributed by atoms with Gasteiger partial charge >= 0.3 is 0 Å². The fourth-order valence-corrected chi connectivity index (χ4v) is 3.10. The number of benzene rings is 2. The zero-order chi connectivity index (χ0) is 15.1. The Morgan fingerprint density at radius 2 is 1.77 bits per heavy atom. The summed E-state index contributed by atoms with van der Waals surface area (Å²) in [5.41, 5.74) is 0.701. The highest BCUT2D eigenvalue weighted by atomic mass is 16.4. The molecule has 0 radical (unpaired) electrons. The van der Waals surface area contributed by atoms with E-state index in [2.05, 4.69) is 16.8 Å². The molecule has 22 heavy (non-hydrogen) atoms. The number of rotatable bonds is 1. The minimum absolute atomic E-state index is 0.0342. The molecule has 0 aliphatic carbocycles. The van der Waals surface area contributed by atoms with Gasteiger partial charge in [0.15, 0.2) is 11.3 Å². The second kappa shape index (κ2) is 5.14. The quantitative estimate of drug-likeness (QED) is 0.647. The van der Waals surface area contributed by atoms with E-state index in [1.165, 1.54) is 0 Å². The van der Waals surface area contributed by atoms with Gasteiger partial charge in [-0.2, -0.15) is 0 Å². The fraction of sp³-hybridized carbons (Fsp3) is 0.278. The second-order valence-electron chi connectivity index (χ2n) is 5.90. The summed E-state index contributed by atoms with van der Waals surface area (Å²) >= 11 is 0. The van der Waals surface area contributed by atoms with Gasteiger partial charge in [-0.15, -0.1) is 0 Å². The lowest BCUT2D eigenvalue weighted by Crippen LogP contribution is -2.44. The minimum atomic E-state index is 0.0342. The molecule has 0 amide bonds. The zero-order valence-electron chi connectivity index (χ0n) is 12.6. The Morgan fingerprint density at radius 1 is 1.00 bits per heavy atom. The van der Waals surface area contributed by atoms with Crippen LogP contribution in [0.25, 0.3) is 21.7 Å². The zero-order valence-corrected chi connectivity index (χ0v) is 12.6. The van der Waals surface area contributed by atoms with E-state index in [4.69, 9.17) is 4.42 Å². The molecule has 0 N–H and O–H groups in total. The molecule has 0 saturated carbocycles. The average molecular weight is 294 g/mol. The molecule has 2 aromatic carbocycles. The van der Waals surface area contributed by atoms with E-state index in [0.29, 0.717) is 16.9 Å². The van der Waals surface area contributed by atoms with Crippen LogP contribution in [0.3, 0.4) is 0 Å². The molecular weight excluding hydrogens is 276 g/mol. The van der Waals surface area contributed by atoms with Crippen LogP contribution in [0, 0.1) is 0 Å². The molecule has 4 nitrogen and oxygen atoms in total. The molecule has 1 fully saturated rings. The summed E-state index contributed by atoms with van der Waals surface area (Å²) in [4.78, 5) is 17.1. The van der Waals surface area contributed by atoms with E-state index in [0.717, 1.165) is 37.0 Å². The molecule has 4 rings (SSSR count). The van der Waals surface area contributed by atoms with Gasteiger partial charge < -0.3 is 14.2 Å². The highest BCUT2D eigenvalue weighted by molar-refractivity contribution is 6.05. The molecule has 112 valence electrons. The average Bonchev–Trinajstić information content (AvgIpc) is 2.55. The summed E-state index contributed by atoms with van der Waals surface area (Å²) in [7, 11) is 2.11. The number of nitrogens with zero attached hydrogens (tertiary/aromatic N) is 2. The predicted octanol–water partition coefficient (Wildman–Crippen LogP) is 2.70. The van der Waals surface area contributed by atoms with Gasteiger partial charge in [0.05, 0.1) is 5.39 Å². The van der Waals surface area contributed by atoms with Crippen molar-refractivity contribution in [2.45, 2.75) is 0 Å². The topological polar surface area (TPSA) is 36.7 Å². The number of fused-ring (bicyclic) bond motifs is 3. The number of anilines is 1. The lowest BCUT2D eigenvalue weighted by atomic mass is 10.1. The van der Waals surface area contributed by atoms with E-state index >= 15 is 0 Å². The van der Waals surface area contributed by atoms with Gasteiger partial charge in [0.1, 0.15) is 5.58 Å². The van der Waals surface area contributed by atoms with Crippen LogP contribution in [0.4, 0.5) is 5.88 Å². The summed E-state index contributed by atoms with van der Waals surface area (Å²) in [6.45, 7) is 3.75. The Balaban J connectivity index is 1.87. The highest BCUT2D eigenvalue weighted by Gasteiger charge is 2.18. The first-order chi connectivity index (χ1) is 10.7. The van der Waals surface area contributed by atoms with Crippen LogP contribution >= 0.6 is 0 Å². The van der Waals surface area contributed by atoms with Gasteiger partial charge in [0.2, 0.25) is 0 Å². The molecule has 4 heteroatoms. The summed E-state index contributed by atoms with van der Waals surface area (Å²) in [5, 5.41) is 2.70. The first-order valence-electron chi connectivity index (χ1n) is 7.61. The monoisotopic (exact) mass is 294 g/mol. The third-order valence-corrected chi connectivity index (χ3v) is 4.42. The van der Waals surface area contributed by atoms with Crippen LogP contribution in [0.5, 0.6) is 0 Å². The van der Waals surface area contributed by atoms with Gasteiger partial charge in [-0.1, -0.05) is 30.3 Å². The number of hydrogen-bond acceptors (Lipinski definition) is 4. The lowest BCUT2D eigenvalue weighted by molar-refractivity contribution is 0.306. The highest BCUT2D eigenvalue weighted by Crippen LogP contribution is 2.26. The van der Waals surface area contributed by atoms with Crippen molar-refractivity contribution in [1.29, 1.82) is 0 Å². The number of hydrogen-bond donors (Lipinski definition) is 0. The Bertz CT molecular complexity index is 892. The van der Waals surface area contributed by atoms with Gasteiger partial charge in [-0.25, -0.2) is 0 Å².